The number of aryl methyl sites for hydroxylation is 1. The third kappa shape index (κ3) is 2.32. The second kappa shape index (κ2) is 4.41. The van der Waals surface area contributed by atoms with Crippen molar-refractivity contribution in [3.05, 3.63) is 46.5 Å². The van der Waals surface area contributed by atoms with Crippen molar-refractivity contribution in [3.63, 3.8) is 0 Å². The largest absolute Gasteiger partial charge is 0.382 e. The Labute approximate surface area is 82.4 Å². The maximum Gasteiger partial charge on any atom is 0.272 e. The van der Waals surface area contributed by atoms with E-state index in [-0.39, 0.29) is 10.6 Å². The molecular weight excluding hydrogens is 180 g/mol. The predicted octanol–water partition coefficient (Wildman–Crippen LogP) is 2.50. The minimum atomic E-state index is -0.382. The van der Waals surface area contributed by atoms with Crippen molar-refractivity contribution >= 4 is 11.4 Å². The third-order valence-electron chi connectivity index (χ3n) is 1.84. The Morgan fingerprint density at radius 3 is 2.86 bits per heavy atom. The summed E-state index contributed by atoms with van der Waals surface area (Å²) < 4.78 is 0. The molecule has 0 aromatic heterocycles. The second-order valence-corrected chi connectivity index (χ2v) is 2.93. The molecule has 0 unspecified atom stereocenters. The van der Waals surface area contributed by atoms with E-state index < -0.39 is 0 Å². The highest BCUT2D eigenvalue weighted by molar-refractivity contribution is 5.53. The van der Waals surface area contributed by atoms with Crippen molar-refractivity contribution in [3.8, 4) is 0 Å². The van der Waals surface area contributed by atoms with Gasteiger partial charge in [-0.2, -0.15) is 0 Å². The first-order valence-electron chi connectivity index (χ1n) is 4.25. The molecule has 74 valence electrons. The Kier molecular flexibility index (Phi) is 3.23. The van der Waals surface area contributed by atoms with E-state index in [0.717, 1.165) is 5.69 Å². The van der Waals surface area contributed by atoms with Gasteiger partial charge in [0.05, 0.1) is 4.92 Å². The van der Waals surface area contributed by atoms with Crippen LogP contribution in [0.2, 0.25) is 0 Å². The van der Waals surface area contributed by atoms with E-state index in [4.69, 9.17) is 0 Å². The van der Waals surface area contributed by atoms with Gasteiger partial charge in [0.1, 0.15) is 0 Å². The zero-order valence-electron chi connectivity index (χ0n) is 7.99. The van der Waals surface area contributed by atoms with E-state index in [1.807, 2.05) is 0 Å². The molecule has 1 N–H and O–H groups in total. The molecule has 0 spiro atoms. The highest BCUT2D eigenvalue weighted by Gasteiger charge is 2.09. The lowest BCUT2D eigenvalue weighted by Gasteiger charge is -2.04. The molecule has 4 nitrogen and oxygen atoms in total. The highest BCUT2D eigenvalue weighted by Crippen LogP contribution is 2.21. The van der Waals surface area contributed by atoms with Gasteiger partial charge in [0, 0.05) is 23.9 Å². The van der Waals surface area contributed by atoms with Crippen LogP contribution in [0.15, 0.2) is 30.9 Å². The fourth-order valence-electron chi connectivity index (χ4n) is 1.16. The number of nitrogens with zero attached hydrogens (tertiary/aromatic N) is 1. The zero-order chi connectivity index (χ0) is 10.6. The smallest absolute Gasteiger partial charge is 0.272 e. The number of benzene rings is 1. The van der Waals surface area contributed by atoms with Gasteiger partial charge in [0.15, 0.2) is 0 Å². The summed E-state index contributed by atoms with van der Waals surface area (Å²) in [5.74, 6) is 0. The maximum atomic E-state index is 10.5. The van der Waals surface area contributed by atoms with Crippen LogP contribution in [0.3, 0.4) is 0 Å². The number of anilines is 1. The summed E-state index contributed by atoms with van der Waals surface area (Å²) in [5.41, 5.74) is 1.67. The van der Waals surface area contributed by atoms with Crippen LogP contribution >= 0.6 is 0 Å². The van der Waals surface area contributed by atoms with Crippen molar-refractivity contribution in [2.75, 3.05) is 11.9 Å². The van der Waals surface area contributed by atoms with Crippen molar-refractivity contribution in [1.82, 2.24) is 0 Å². The van der Waals surface area contributed by atoms with Crippen LogP contribution < -0.4 is 5.32 Å². The molecule has 0 atom stereocenters. The molecule has 1 aromatic carbocycles. The average Bonchev–Trinajstić information content (AvgIpc) is 2.14. The molecule has 0 amide bonds. The minimum absolute atomic E-state index is 0.147. The molecule has 0 aliphatic rings. The van der Waals surface area contributed by atoms with E-state index in [1.165, 1.54) is 6.07 Å². The predicted molar refractivity (Wildman–Crippen MR) is 56.5 cm³/mol. The normalized spacial score (nSPS) is 9.50. The quantitative estimate of drug-likeness (QED) is 0.453. The molecular formula is C10H12N2O2. The Morgan fingerprint density at radius 2 is 2.36 bits per heavy atom. The van der Waals surface area contributed by atoms with Gasteiger partial charge in [-0.25, -0.2) is 0 Å². The van der Waals surface area contributed by atoms with Crippen LogP contribution in [0.4, 0.5) is 11.4 Å². The van der Waals surface area contributed by atoms with Crippen LogP contribution in [0.25, 0.3) is 0 Å². The number of hydrogen-bond donors (Lipinski definition) is 1. The van der Waals surface area contributed by atoms with Gasteiger partial charge < -0.3 is 5.32 Å². The van der Waals surface area contributed by atoms with Gasteiger partial charge in [-0.15, -0.1) is 6.58 Å². The van der Waals surface area contributed by atoms with Crippen LogP contribution in [0.1, 0.15) is 5.56 Å². The fraction of sp³-hybridized carbons (Fsp3) is 0.200. The summed E-state index contributed by atoms with van der Waals surface area (Å²) in [7, 11) is 0. The van der Waals surface area contributed by atoms with Crippen molar-refractivity contribution < 1.29 is 4.92 Å². The Balaban J connectivity index is 2.88. The van der Waals surface area contributed by atoms with Crippen LogP contribution in [-0.4, -0.2) is 11.5 Å². The Bertz CT molecular complexity index is 361. The first-order valence-corrected chi connectivity index (χ1v) is 4.25. The van der Waals surface area contributed by atoms with Gasteiger partial charge in [-0.1, -0.05) is 6.08 Å². The maximum absolute atomic E-state index is 10.5. The SMILES string of the molecule is C=CCNc1ccc([N+](=O)[O-])c(C)c1. The van der Waals surface area contributed by atoms with Crippen molar-refractivity contribution in [2.24, 2.45) is 0 Å². The lowest BCUT2D eigenvalue weighted by Crippen LogP contribution is -1.99. The first-order chi connectivity index (χ1) is 6.65. The third-order valence-corrected chi connectivity index (χ3v) is 1.84. The van der Waals surface area contributed by atoms with Crippen LogP contribution in [0, 0.1) is 17.0 Å². The average molecular weight is 192 g/mol. The minimum Gasteiger partial charge on any atom is -0.382 e. The standard InChI is InChI=1S/C10H12N2O2/c1-3-6-11-9-4-5-10(12(13)14)8(2)7-9/h3-5,7,11H,1,6H2,2H3. The Morgan fingerprint density at radius 1 is 1.64 bits per heavy atom. The highest BCUT2D eigenvalue weighted by atomic mass is 16.6. The molecule has 0 saturated carbocycles. The molecule has 0 fully saturated rings. The van der Waals surface area contributed by atoms with Crippen molar-refractivity contribution in [2.45, 2.75) is 6.92 Å². The summed E-state index contributed by atoms with van der Waals surface area (Å²) in [6.45, 7) is 5.94. The van der Waals surface area contributed by atoms with E-state index in [2.05, 4.69) is 11.9 Å². The Hall–Kier alpha value is -1.84. The summed E-state index contributed by atoms with van der Waals surface area (Å²) in [6, 6.07) is 4.94. The van der Waals surface area contributed by atoms with Gasteiger partial charge in [-0.3, -0.25) is 10.1 Å². The van der Waals surface area contributed by atoms with E-state index in [9.17, 15) is 10.1 Å². The molecule has 0 aliphatic heterocycles. The van der Waals surface area contributed by atoms with E-state index in [0.29, 0.717) is 12.1 Å². The molecule has 1 aromatic rings. The second-order valence-electron chi connectivity index (χ2n) is 2.93. The topological polar surface area (TPSA) is 55.2 Å². The van der Waals surface area contributed by atoms with Gasteiger partial charge in [0.25, 0.3) is 5.69 Å². The molecule has 1 rings (SSSR count). The van der Waals surface area contributed by atoms with E-state index >= 15 is 0 Å². The molecule has 0 aliphatic carbocycles. The molecule has 0 bridgehead atoms. The summed E-state index contributed by atoms with van der Waals surface area (Å²) >= 11 is 0. The van der Waals surface area contributed by atoms with Gasteiger partial charge in [0.2, 0.25) is 0 Å². The van der Waals surface area contributed by atoms with E-state index in [1.54, 1.807) is 25.1 Å². The first kappa shape index (κ1) is 10.2. The molecule has 14 heavy (non-hydrogen) atoms. The number of nitrogens with one attached hydrogen (secondary N) is 1. The van der Waals surface area contributed by atoms with Gasteiger partial charge in [-0.05, 0) is 19.1 Å². The summed E-state index contributed by atoms with van der Waals surface area (Å²) in [4.78, 5) is 10.1. The van der Waals surface area contributed by atoms with Crippen LogP contribution in [0.5, 0.6) is 0 Å². The summed E-state index contributed by atoms with van der Waals surface area (Å²) in [5, 5.41) is 13.6. The number of nitro benzene ring substituents is 1. The number of nitro groups is 1. The fourth-order valence-corrected chi connectivity index (χ4v) is 1.16. The lowest BCUT2D eigenvalue weighted by molar-refractivity contribution is -0.385. The molecule has 0 saturated heterocycles. The molecule has 0 heterocycles. The lowest BCUT2D eigenvalue weighted by atomic mass is 10.2. The summed E-state index contributed by atoms with van der Waals surface area (Å²) in [6.07, 6.45) is 1.73. The number of rotatable bonds is 4. The van der Waals surface area contributed by atoms with Gasteiger partial charge >= 0.3 is 0 Å². The molecule has 0 radical (unpaired) electrons. The van der Waals surface area contributed by atoms with Crippen LogP contribution in [-0.2, 0) is 0 Å². The molecule has 4 heteroatoms. The monoisotopic (exact) mass is 192 g/mol. The number of hydrogen-bond acceptors (Lipinski definition) is 3. The zero-order valence-corrected chi connectivity index (χ0v) is 7.99. The van der Waals surface area contributed by atoms with Crippen molar-refractivity contribution in [1.29, 1.82) is 0 Å².